The van der Waals surface area contributed by atoms with Gasteiger partial charge in [-0.3, -0.25) is 4.90 Å². The van der Waals surface area contributed by atoms with Gasteiger partial charge >= 0.3 is 0 Å². The molecule has 4 heteroatoms. The van der Waals surface area contributed by atoms with E-state index in [1.165, 1.54) is 19.4 Å². The Bertz CT molecular complexity index is 338. The summed E-state index contributed by atoms with van der Waals surface area (Å²) >= 11 is 0. The molecule has 4 nitrogen and oxygen atoms in total. The van der Waals surface area contributed by atoms with Crippen LogP contribution in [0, 0.1) is 0 Å². The number of rotatable bonds is 4. The van der Waals surface area contributed by atoms with Crippen LogP contribution in [-0.4, -0.2) is 49.1 Å². The maximum absolute atomic E-state index is 6.03. The van der Waals surface area contributed by atoms with Crippen molar-refractivity contribution < 1.29 is 4.42 Å². The van der Waals surface area contributed by atoms with Gasteiger partial charge in [0.25, 0.3) is 0 Å². The lowest BCUT2D eigenvalue weighted by atomic mass is 9.87. The normalized spacial score (nSPS) is 26.6. The second kappa shape index (κ2) is 5.21. The van der Waals surface area contributed by atoms with Crippen molar-refractivity contribution in [3.8, 4) is 0 Å². The Kier molecular flexibility index (Phi) is 3.86. The molecule has 17 heavy (non-hydrogen) atoms. The number of hydrogen-bond acceptors (Lipinski definition) is 4. The first-order valence-corrected chi connectivity index (χ1v) is 6.28. The fourth-order valence-corrected chi connectivity index (χ4v) is 2.78. The molecular formula is C13H23N3O. The summed E-state index contributed by atoms with van der Waals surface area (Å²) in [6.45, 7) is 3.75. The van der Waals surface area contributed by atoms with Crippen LogP contribution in [0.1, 0.15) is 18.6 Å². The quantitative estimate of drug-likeness (QED) is 0.853. The molecule has 0 aromatic carbocycles. The van der Waals surface area contributed by atoms with Gasteiger partial charge in [-0.2, -0.15) is 0 Å². The van der Waals surface area contributed by atoms with Crippen molar-refractivity contribution in [2.24, 2.45) is 5.73 Å². The Morgan fingerprint density at radius 3 is 3.00 bits per heavy atom. The molecule has 2 N–H and O–H groups in total. The molecule has 0 amide bonds. The molecule has 1 aliphatic rings. The minimum absolute atomic E-state index is 0.0970. The van der Waals surface area contributed by atoms with E-state index >= 15 is 0 Å². The molecule has 0 aliphatic carbocycles. The molecule has 1 aromatic rings. The highest BCUT2D eigenvalue weighted by atomic mass is 16.3. The van der Waals surface area contributed by atoms with Gasteiger partial charge in [0, 0.05) is 18.6 Å². The minimum Gasteiger partial charge on any atom is -0.468 e. The summed E-state index contributed by atoms with van der Waals surface area (Å²) in [6, 6.07) is 3.96. The zero-order valence-electron chi connectivity index (χ0n) is 10.9. The molecule has 1 aromatic heterocycles. The van der Waals surface area contributed by atoms with Crippen LogP contribution >= 0.6 is 0 Å². The molecule has 1 saturated heterocycles. The van der Waals surface area contributed by atoms with Crippen molar-refractivity contribution >= 4 is 0 Å². The zero-order chi connectivity index (χ0) is 12.3. The molecule has 0 bridgehead atoms. The van der Waals surface area contributed by atoms with Crippen molar-refractivity contribution in [2.45, 2.75) is 24.9 Å². The van der Waals surface area contributed by atoms with Gasteiger partial charge in [-0.05, 0) is 45.6 Å². The van der Waals surface area contributed by atoms with Gasteiger partial charge in [0.05, 0.1) is 12.8 Å². The van der Waals surface area contributed by atoms with Crippen LogP contribution in [0.4, 0.5) is 0 Å². The van der Waals surface area contributed by atoms with Crippen LogP contribution in [0.3, 0.4) is 0 Å². The summed E-state index contributed by atoms with van der Waals surface area (Å²) < 4.78 is 5.42. The van der Waals surface area contributed by atoms with Crippen LogP contribution in [0.25, 0.3) is 0 Å². The third-order valence-electron chi connectivity index (χ3n) is 3.91. The van der Waals surface area contributed by atoms with E-state index < -0.39 is 0 Å². The monoisotopic (exact) mass is 237 g/mol. The Morgan fingerprint density at radius 2 is 2.41 bits per heavy atom. The van der Waals surface area contributed by atoms with Crippen LogP contribution in [0.2, 0.25) is 0 Å². The van der Waals surface area contributed by atoms with Crippen molar-refractivity contribution in [2.75, 3.05) is 33.7 Å². The van der Waals surface area contributed by atoms with E-state index in [2.05, 4.69) is 23.9 Å². The average Bonchev–Trinajstić information content (AvgIpc) is 2.81. The SMILES string of the molecule is CN1CCCC(CN)(N(C)Cc2ccco2)C1. The Morgan fingerprint density at radius 1 is 1.59 bits per heavy atom. The smallest absolute Gasteiger partial charge is 0.117 e. The first kappa shape index (κ1) is 12.6. The van der Waals surface area contributed by atoms with E-state index in [-0.39, 0.29) is 5.54 Å². The van der Waals surface area contributed by atoms with Gasteiger partial charge in [0.2, 0.25) is 0 Å². The molecule has 1 atom stereocenters. The summed E-state index contributed by atoms with van der Waals surface area (Å²) in [5.74, 6) is 1.01. The second-order valence-electron chi connectivity index (χ2n) is 5.21. The predicted molar refractivity (Wildman–Crippen MR) is 68.7 cm³/mol. The van der Waals surface area contributed by atoms with Crippen LogP contribution < -0.4 is 5.73 Å². The molecule has 2 rings (SSSR count). The third kappa shape index (κ3) is 2.70. The molecule has 2 heterocycles. The highest BCUT2D eigenvalue weighted by Gasteiger charge is 2.36. The highest BCUT2D eigenvalue weighted by Crippen LogP contribution is 2.26. The Hall–Kier alpha value is -0.840. The van der Waals surface area contributed by atoms with Gasteiger partial charge in [0.1, 0.15) is 5.76 Å². The lowest BCUT2D eigenvalue weighted by molar-refractivity contribution is 0.0354. The van der Waals surface area contributed by atoms with Gasteiger partial charge in [-0.15, -0.1) is 0 Å². The number of hydrogen-bond donors (Lipinski definition) is 1. The summed E-state index contributed by atoms with van der Waals surface area (Å²) in [6.07, 6.45) is 4.12. The van der Waals surface area contributed by atoms with E-state index in [9.17, 15) is 0 Å². The average molecular weight is 237 g/mol. The fraction of sp³-hybridized carbons (Fsp3) is 0.692. The third-order valence-corrected chi connectivity index (χ3v) is 3.91. The maximum Gasteiger partial charge on any atom is 0.117 e. The number of nitrogens with two attached hydrogens (primary N) is 1. The van der Waals surface area contributed by atoms with Crippen molar-refractivity contribution in [1.82, 2.24) is 9.80 Å². The number of piperidine rings is 1. The predicted octanol–water partition coefficient (Wildman–Crippen LogP) is 1.13. The Labute approximate surface area is 103 Å². The molecule has 1 fully saturated rings. The fourth-order valence-electron chi connectivity index (χ4n) is 2.78. The van der Waals surface area contributed by atoms with Crippen molar-refractivity contribution in [3.63, 3.8) is 0 Å². The second-order valence-corrected chi connectivity index (χ2v) is 5.21. The van der Waals surface area contributed by atoms with Crippen molar-refractivity contribution in [1.29, 1.82) is 0 Å². The number of nitrogens with zero attached hydrogens (tertiary/aromatic N) is 2. The largest absolute Gasteiger partial charge is 0.468 e. The summed E-state index contributed by atoms with van der Waals surface area (Å²) in [7, 11) is 4.32. The zero-order valence-corrected chi connectivity index (χ0v) is 10.9. The van der Waals surface area contributed by atoms with E-state index in [0.717, 1.165) is 18.8 Å². The summed E-state index contributed by atoms with van der Waals surface area (Å²) in [5.41, 5.74) is 6.13. The number of likely N-dealkylation sites (N-methyl/N-ethyl adjacent to an activating group) is 2. The number of likely N-dealkylation sites (tertiary alicyclic amines) is 1. The summed E-state index contributed by atoms with van der Waals surface area (Å²) in [4.78, 5) is 4.72. The highest BCUT2D eigenvalue weighted by molar-refractivity contribution is 5.02. The van der Waals surface area contributed by atoms with Crippen molar-refractivity contribution in [3.05, 3.63) is 24.2 Å². The van der Waals surface area contributed by atoms with E-state index in [4.69, 9.17) is 10.2 Å². The van der Waals surface area contributed by atoms with Gasteiger partial charge in [-0.1, -0.05) is 0 Å². The van der Waals surface area contributed by atoms with Crippen LogP contribution in [-0.2, 0) is 6.54 Å². The molecule has 96 valence electrons. The molecular weight excluding hydrogens is 214 g/mol. The van der Waals surface area contributed by atoms with Crippen LogP contribution in [0.15, 0.2) is 22.8 Å². The van der Waals surface area contributed by atoms with Crippen LogP contribution in [0.5, 0.6) is 0 Å². The topological polar surface area (TPSA) is 45.6 Å². The standard InChI is InChI=1S/C13H23N3O/c1-15-7-4-6-13(10-14,11-15)16(2)9-12-5-3-8-17-12/h3,5,8H,4,6-7,9-11,14H2,1-2H3. The molecule has 0 radical (unpaired) electrons. The van der Waals surface area contributed by atoms with Gasteiger partial charge in [0.15, 0.2) is 0 Å². The first-order chi connectivity index (χ1) is 8.16. The molecule has 1 aliphatic heterocycles. The van der Waals surface area contributed by atoms with Gasteiger partial charge in [-0.25, -0.2) is 0 Å². The lowest BCUT2D eigenvalue weighted by Crippen LogP contribution is -2.60. The first-order valence-electron chi connectivity index (χ1n) is 6.28. The number of furan rings is 1. The minimum atomic E-state index is 0.0970. The lowest BCUT2D eigenvalue weighted by Gasteiger charge is -2.46. The maximum atomic E-state index is 6.03. The Balaban J connectivity index is 2.06. The molecule has 1 unspecified atom stereocenters. The van der Waals surface area contributed by atoms with E-state index in [1.54, 1.807) is 6.26 Å². The van der Waals surface area contributed by atoms with E-state index in [0.29, 0.717) is 6.54 Å². The van der Waals surface area contributed by atoms with E-state index in [1.807, 2.05) is 12.1 Å². The summed E-state index contributed by atoms with van der Waals surface area (Å²) in [5, 5.41) is 0. The van der Waals surface area contributed by atoms with Gasteiger partial charge < -0.3 is 15.1 Å². The molecule has 0 spiro atoms. The molecule has 0 saturated carbocycles.